The van der Waals surface area contributed by atoms with Gasteiger partial charge >= 0.3 is 0 Å². The van der Waals surface area contributed by atoms with E-state index >= 15 is 0 Å². The number of hydrogen-bond donors (Lipinski definition) is 0. The van der Waals surface area contributed by atoms with Gasteiger partial charge in [0.25, 0.3) is 5.91 Å². The third-order valence-electron chi connectivity index (χ3n) is 6.42. The van der Waals surface area contributed by atoms with Gasteiger partial charge in [-0.25, -0.2) is 4.39 Å². The Balaban J connectivity index is 1.54. The van der Waals surface area contributed by atoms with Gasteiger partial charge in [0.15, 0.2) is 5.76 Å². The first-order valence-corrected chi connectivity index (χ1v) is 12.1. The van der Waals surface area contributed by atoms with Gasteiger partial charge in [-0.3, -0.25) is 14.5 Å². The molecule has 2 aromatic rings. The second kappa shape index (κ2) is 12.5. The van der Waals surface area contributed by atoms with E-state index in [0.29, 0.717) is 25.4 Å². The van der Waals surface area contributed by atoms with E-state index in [4.69, 9.17) is 4.42 Å². The van der Waals surface area contributed by atoms with Gasteiger partial charge in [-0.05, 0) is 42.7 Å². The summed E-state index contributed by atoms with van der Waals surface area (Å²) in [5.74, 6) is 0.241. The molecule has 1 atom stereocenters. The number of furan rings is 1. The smallest absolute Gasteiger partial charge is 0.289 e. The Labute approximate surface area is 196 Å². The van der Waals surface area contributed by atoms with Gasteiger partial charge in [0.05, 0.1) is 6.26 Å². The molecule has 0 radical (unpaired) electrons. The van der Waals surface area contributed by atoms with Crippen molar-refractivity contribution in [2.75, 3.05) is 39.3 Å². The second-order valence-electron chi connectivity index (χ2n) is 8.74. The largest absolute Gasteiger partial charge is 0.459 e. The average molecular weight is 458 g/mol. The first-order valence-electron chi connectivity index (χ1n) is 12.1. The van der Waals surface area contributed by atoms with E-state index in [1.807, 2.05) is 4.90 Å². The van der Waals surface area contributed by atoms with Crippen LogP contribution in [0.3, 0.4) is 0 Å². The van der Waals surface area contributed by atoms with Crippen LogP contribution in [0.25, 0.3) is 0 Å². The third-order valence-corrected chi connectivity index (χ3v) is 6.42. The number of unbranched alkanes of at least 4 members (excludes halogenated alkanes) is 1. The summed E-state index contributed by atoms with van der Waals surface area (Å²) in [5, 5.41) is 0. The molecule has 0 spiro atoms. The van der Waals surface area contributed by atoms with Crippen LogP contribution < -0.4 is 0 Å². The molecule has 7 heteroatoms. The Morgan fingerprint density at radius 3 is 2.42 bits per heavy atom. The number of carbonyl (C=O) groups is 2. The molecule has 1 aromatic heterocycles. The summed E-state index contributed by atoms with van der Waals surface area (Å²) in [4.78, 5) is 31.9. The first kappa shape index (κ1) is 25.0. The predicted octanol–water partition coefficient (Wildman–Crippen LogP) is 4.42. The van der Waals surface area contributed by atoms with Crippen LogP contribution in [0.5, 0.6) is 0 Å². The Morgan fingerprint density at radius 1 is 1.09 bits per heavy atom. The highest BCUT2D eigenvalue weighted by atomic mass is 19.1. The molecule has 2 heterocycles. The van der Waals surface area contributed by atoms with Crippen LogP contribution in [0.1, 0.15) is 55.6 Å². The molecule has 0 bridgehead atoms. The van der Waals surface area contributed by atoms with Crippen molar-refractivity contribution in [2.24, 2.45) is 5.92 Å². The molecule has 1 aromatic carbocycles. The highest BCUT2D eigenvalue weighted by molar-refractivity contribution is 5.91. The Hall–Kier alpha value is -2.67. The zero-order chi connectivity index (χ0) is 23.6. The van der Waals surface area contributed by atoms with Gasteiger partial charge < -0.3 is 14.2 Å². The minimum Gasteiger partial charge on any atom is -0.459 e. The second-order valence-corrected chi connectivity index (χ2v) is 8.74. The number of halogens is 1. The van der Waals surface area contributed by atoms with E-state index in [2.05, 4.69) is 18.7 Å². The fourth-order valence-electron chi connectivity index (χ4n) is 4.28. The van der Waals surface area contributed by atoms with E-state index < -0.39 is 0 Å². The number of nitrogens with zero attached hydrogens (tertiary/aromatic N) is 3. The summed E-state index contributed by atoms with van der Waals surface area (Å²) in [6.07, 6.45) is 5.57. The minimum absolute atomic E-state index is 0.133. The molecule has 2 amide bonds. The minimum atomic E-state index is -0.296. The third kappa shape index (κ3) is 7.16. The maximum absolute atomic E-state index is 13.3. The van der Waals surface area contributed by atoms with E-state index in [0.717, 1.165) is 57.4 Å². The average Bonchev–Trinajstić information content (AvgIpc) is 3.38. The fraction of sp³-hybridized carbons (Fsp3) is 0.538. The van der Waals surface area contributed by atoms with E-state index in [1.165, 1.54) is 18.4 Å². The Bertz CT molecular complexity index is 861. The number of hydrogen-bond acceptors (Lipinski definition) is 4. The summed E-state index contributed by atoms with van der Waals surface area (Å²) >= 11 is 0. The monoisotopic (exact) mass is 457 g/mol. The van der Waals surface area contributed by atoms with Crippen molar-refractivity contribution in [3.8, 4) is 0 Å². The number of benzene rings is 1. The highest BCUT2D eigenvalue weighted by Gasteiger charge is 2.27. The van der Waals surface area contributed by atoms with Crippen molar-refractivity contribution in [3.05, 3.63) is 59.8 Å². The molecule has 1 aliphatic rings. The zero-order valence-electron chi connectivity index (χ0n) is 19.8. The first-order chi connectivity index (χ1) is 16.0. The van der Waals surface area contributed by atoms with E-state index in [1.54, 1.807) is 29.2 Å². The van der Waals surface area contributed by atoms with Gasteiger partial charge in [-0.1, -0.05) is 38.8 Å². The maximum atomic E-state index is 13.3. The number of amides is 2. The van der Waals surface area contributed by atoms with Crippen molar-refractivity contribution in [1.82, 2.24) is 14.7 Å². The number of carbonyl (C=O) groups excluding carboxylic acids is 2. The lowest BCUT2D eigenvalue weighted by atomic mass is 9.97. The van der Waals surface area contributed by atoms with Crippen LogP contribution in [0.4, 0.5) is 4.39 Å². The van der Waals surface area contributed by atoms with Gasteiger partial charge in [0.2, 0.25) is 5.91 Å². The number of rotatable bonds is 11. The lowest BCUT2D eigenvalue weighted by Gasteiger charge is -2.37. The molecule has 1 fully saturated rings. The summed E-state index contributed by atoms with van der Waals surface area (Å²) in [6.45, 7) is 8.93. The molecule has 0 aliphatic carbocycles. The van der Waals surface area contributed by atoms with Crippen LogP contribution in [0.15, 0.2) is 47.1 Å². The van der Waals surface area contributed by atoms with Gasteiger partial charge in [-0.15, -0.1) is 0 Å². The summed E-state index contributed by atoms with van der Waals surface area (Å²) < 4.78 is 18.6. The zero-order valence-corrected chi connectivity index (χ0v) is 19.8. The molecule has 180 valence electrons. The van der Waals surface area contributed by atoms with Crippen LogP contribution in [-0.2, 0) is 11.3 Å². The highest BCUT2D eigenvalue weighted by Crippen LogP contribution is 2.18. The Morgan fingerprint density at radius 2 is 1.82 bits per heavy atom. The normalized spacial score (nSPS) is 15.4. The quantitative estimate of drug-likeness (QED) is 0.501. The molecule has 1 saturated heterocycles. The van der Waals surface area contributed by atoms with Gasteiger partial charge in [0.1, 0.15) is 5.82 Å². The van der Waals surface area contributed by atoms with Crippen molar-refractivity contribution < 1.29 is 18.4 Å². The predicted molar refractivity (Wildman–Crippen MR) is 126 cm³/mol. The molecule has 3 rings (SSSR count). The lowest BCUT2D eigenvalue weighted by Crippen LogP contribution is -2.51. The van der Waals surface area contributed by atoms with Crippen molar-refractivity contribution in [1.29, 1.82) is 0 Å². The number of piperazine rings is 1. The van der Waals surface area contributed by atoms with Crippen LogP contribution in [0.2, 0.25) is 0 Å². The molecule has 1 unspecified atom stereocenters. The summed E-state index contributed by atoms with van der Waals surface area (Å²) in [5.41, 5.74) is 0.865. The standard InChI is InChI=1S/C26H36FN3O3/c1-3-5-7-22(4-2)25(31)29-16-13-28(14-17-29)15-18-30(26(32)24-8-6-19-33-24)20-21-9-11-23(27)12-10-21/h6,8-12,19,22H,3-5,7,13-18,20H2,1-2H3. The van der Waals surface area contributed by atoms with Crippen LogP contribution >= 0.6 is 0 Å². The molecule has 0 saturated carbocycles. The van der Waals surface area contributed by atoms with Crippen LogP contribution in [0, 0.1) is 11.7 Å². The van der Waals surface area contributed by atoms with Crippen molar-refractivity contribution >= 4 is 11.8 Å². The Kier molecular flexibility index (Phi) is 9.48. The van der Waals surface area contributed by atoms with Crippen LogP contribution in [-0.4, -0.2) is 65.8 Å². The summed E-state index contributed by atoms with van der Waals surface area (Å²) in [7, 11) is 0. The molecule has 1 aliphatic heterocycles. The topological polar surface area (TPSA) is 57.0 Å². The maximum Gasteiger partial charge on any atom is 0.289 e. The molecular weight excluding hydrogens is 421 g/mol. The van der Waals surface area contributed by atoms with Crippen molar-refractivity contribution in [3.63, 3.8) is 0 Å². The van der Waals surface area contributed by atoms with E-state index in [-0.39, 0.29) is 23.5 Å². The van der Waals surface area contributed by atoms with Crippen molar-refractivity contribution in [2.45, 2.75) is 46.1 Å². The van der Waals surface area contributed by atoms with E-state index in [9.17, 15) is 14.0 Å². The molecule has 33 heavy (non-hydrogen) atoms. The lowest BCUT2D eigenvalue weighted by molar-refractivity contribution is -0.137. The summed E-state index contributed by atoms with van der Waals surface area (Å²) in [6, 6.07) is 9.57. The SMILES string of the molecule is CCCCC(CC)C(=O)N1CCN(CCN(Cc2ccc(F)cc2)C(=O)c2ccco2)CC1. The van der Waals surface area contributed by atoms with Gasteiger partial charge in [-0.2, -0.15) is 0 Å². The molecule has 0 N–H and O–H groups in total. The van der Waals surface area contributed by atoms with Gasteiger partial charge in [0, 0.05) is 51.7 Å². The molecular formula is C26H36FN3O3. The fourth-order valence-corrected chi connectivity index (χ4v) is 4.28. The molecule has 6 nitrogen and oxygen atoms in total.